The third-order valence-electron chi connectivity index (χ3n) is 3.61. The molecule has 1 unspecified atom stereocenters. The number of hydrogen-bond donors (Lipinski definition) is 2. The van der Waals surface area contributed by atoms with E-state index in [0.29, 0.717) is 17.3 Å². The molecule has 5 nitrogen and oxygen atoms in total. The van der Waals surface area contributed by atoms with Gasteiger partial charge in [0, 0.05) is 11.6 Å². The van der Waals surface area contributed by atoms with Gasteiger partial charge in [0.25, 0.3) is 0 Å². The minimum atomic E-state index is -0.231. The van der Waals surface area contributed by atoms with E-state index >= 15 is 0 Å². The molecule has 6 heteroatoms. The normalized spacial score (nSPS) is 13.5. The number of amides is 2. The fraction of sp³-hybridized carbons (Fsp3) is 0.235. The topological polar surface area (TPSA) is 59.6 Å². The lowest BCUT2D eigenvalue weighted by Gasteiger charge is -2.15. The summed E-state index contributed by atoms with van der Waals surface area (Å²) in [6.45, 7) is 2.57. The predicted molar refractivity (Wildman–Crippen MR) is 87.8 cm³/mol. The monoisotopic (exact) mass is 332 g/mol. The Morgan fingerprint density at radius 1 is 1.17 bits per heavy atom. The molecule has 0 aliphatic carbocycles. The number of hydrogen-bond acceptors (Lipinski definition) is 3. The van der Waals surface area contributed by atoms with Gasteiger partial charge in [-0.3, -0.25) is 0 Å². The van der Waals surface area contributed by atoms with Gasteiger partial charge in [0.05, 0.1) is 6.04 Å². The average Bonchev–Trinajstić information content (AvgIpc) is 3.01. The standard InChI is InChI=1S/C17H17ClN2O3/c1-11(13-3-5-14(18)6-4-13)20-17(21)19-9-12-2-7-15-16(8-12)23-10-22-15/h2-8,11H,9-10H2,1H3,(H2,19,20,21). The van der Waals surface area contributed by atoms with Crippen molar-refractivity contribution < 1.29 is 14.3 Å². The largest absolute Gasteiger partial charge is 0.454 e. The van der Waals surface area contributed by atoms with Crippen molar-refractivity contribution in [2.45, 2.75) is 19.5 Å². The Hall–Kier alpha value is -2.40. The first kappa shape index (κ1) is 15.5. The second kappa shape index (κ2) is 6.79. The second-order valence-corrected chi connectivity index (χ2v) is 5.72. The molecule has 0 radical (unpaired) electrons. The Morgan fingerprint density at radius 2 is 1.91 bits per heavy atom. The summed E-state index contributed by atoms with van der Waals surface area (Å²) in [4.78, 5) is 12.0. The number of nitrogens with one attached hydrogen (secondary N) is 2. The molecule has 0 spiro atoms. The van der Waals surface area contributed by atoms with E-state index in [1.807, 2.05) is 37.3 Å². The second-order valence-electron chi connectivity index (χ2n) is 5.29. The van der Waals surface area contributed by atoms with Gasteiger partial charge in [0.2, 0.25) is 6.79 Å². The van der Waals surface area contributed by atoms with Crippen molar-refractivity contribution in [1.29, 1.82) is 0 Å². The molecule has 1 aliphatic heterocycles. The van der Waals surface area contributed by atoms with Gasteiger partial charge in [-0.25, -0.2) is 4.79 Å². The molecule has 2 aromatic rings. The highest BCUT2D eigenvalue weighted by atomic mass is 35.5. The van der Waals surface area contributed by atoms with Gasteiger partial charge in [-0.1, -0.05) is 29.8 Å². The Morgan fingerprint density at radius 3 is 2.70 bits per heavy atom. The van der Waals surface area contributed by atoms with Crippen molar-refractivity contribution in [3.05, 3.63) is 58.6 Å². The van der Waals surface area contributed by atoms with Crippen LogP contribution in [-0.2, 0) is 6.54 Å². The van der Waals surface area contributed by atoms with Crippen LogP contribution in [0.5, 0.6) is 11.5 Å². The number of fused-ring (bicyclic) bond motifs is 1. The number of halogens is 1. The van der Waals surface area contributed by atoms with E-state index in [9.17, 15) is 4.79 Å². The van der Waals surface area contributed by atoms with E-state index in [-0.39, 0.29) is 18.9 Å². The van der Waals surface area contributed by atoms with Crippen LogP contribution < -0.4 is 20.1 Å². The van der Waals surface area contributed by atoms with Gasteiger partial charge in [-0.15, -0.1) is 0 Å². The van der Waals surface area contributed by atoms with Crippen molar-refractivity contribution in [3.63, 3.8) is 0 Å². The lowest BCUT2D eigenvalue weighted by Crippen LogP contribution is -2.36. The fourth-order valence-corrected chi connectivity index (χ4v) is 2.44. The molecule has 0 fully saturated rings. The molecule has 3 rings (SSSR count). The van der Waals surface area contributed by atoms with Crippen molar-refractivity contribution in [2.24, 2.45) is 0 Å². The van der Waals surface area contributed by atoms with Crippen LogP contribution in [0, 0.1) is 0 Å². The Bertz CT molecular complexity index is 703. The van der Waals surface area contributed by atoms with E-state index in [4.69, 9.17) is 21.1 Å². The lowest BCUT2D eigenvalue weighted by atomic mass is 10.1. The van der Waals surface area contributed by atoms with Crippen molar-refractivity contribution in [2.75, 3.05) is 6.79 Å². The maximum atomic E-state index is 12.0. The molecule has 0 aromatic heterocycles. The van der Waals surface area contributed by atoms with Crippen LogP contribution in [0.4, 0.5) is 4.79 Å². The molecule has 1 atom stereocenters. The summed E-state index contributed by atoms with van der Waals surface area (Å²) < 4.78 is 10.6. The lowest BCUT2D eigenvalue weighted by molar-refractivity contribution is 0.174. The van der Waals surface area contributed by atoms with Gasteiger partial charge in [-0.05, 0) is 42.3 Å². The van der Waals surface area contributed by atoms with Crippen LogP contribution in [0.2, 0.25) is 5.02 Å². The number of rotatable bonds is 4. The summed E-state index contributed by atoms with van der Waals surface area (Å²) in [5.74, 6) is 1.44. The van der Waals surface area contributed by atoms with Crippen LogP contribution in [0.3, 0.4) is 0 Å². The van der Waals surface area contributed by atoms with Crippen LogP contribution in [-0.4, -0.2) is 12.8 Å². The summed E-state index contributed by atoms with van der Waals surface area (Å²) in [7, 11) is 0. The van der Waals surface area contributed by atoms with Crippen LogP contribution >= 0.6 is 11.6 Å². The van der Waals surface area contributed by atoms with Crippen LogP contribution in [0.1, 0.15) is 24.1 Å². The van der Waals surface area contributed by atoms with E-state index in [2.05, 4.69) is 10.6 Å². The number of carbonyl (C=O) groups excluding carboxylic acids is 1. The smallest absolute Gasteiger partial charge is 0.315 e. The molecule has 23 heavy (non-hydrogen) atoms. The molecule has 1 heterocycles. The third-order valence-corrected chi connectivity index (χ3v) is 3.86. The summed E-state index contributed by atoms with van der Waals surface area (Å²) in [6, 6.07) is 12.7. The average molecular weight is 333 g/mol. The van der Waals surface area contributed by atoms with Crippen LogP contribution in [0.25, 0.3) is 0 Å². The molecule has 0 bridgehead atoms. The van der Waals surface area contributed by atoms with Gasteiger partial charge >= 0.3 is 6.03 Å². The maximum absolute atomic E-state index is 12.0. The highest BCUT2D eigenvalue weighted by Gasteiger charge is 2.14. The number of carbonyl (C=O) groups is 1. The fourth-order valence-electron chi connectivity index (χ4n) is 2.32. The van der Waals surface area contributed by atoms with Gasteiger partial charge in [0.15, 0.2) is 11.5 Å². The molecular formula is C17H17ClN2O3. The first-order chi connectivity index (χ1) is 11.1. The zero-order chi connectivity index (χ0) is 16.2. The van der Waals surface area contributed by atoms with Crippen molar-refractivity contribution in [3.8, 4) is 11.5 Å². The molecule has 2 N–H and O–H groups in total. The van der Waals surface area contributed by atoms with Crippen molar-refractivity contribution >= 4 is 17.6 Å². The number of ether oxygens (including phenoxy) is 2. The van der Waals surface area contributed by atoms with E-state index in [0.717, 1.165) is 16.9 Å². The Balaban J connectivity index is 1.52. The number of benzene rings is 2. The quantitative estimate of drug-likeness (QED) is 0.898. The summed E-state index contributed by atoms with van der Waals surface area (Å²) >= 11 is 5.86. The zero-order valence-corrected chi connectivity index (χ0v) is 13.4. The minimum Gasteiger partial charge on any atom is -0.454 e. The van der Waals surface area contributed by atoms with E-state index in [1.54, 1.807) is 12.1 Å². The van der Waals surface area contributed by atoms with Crippen LogP contribution in [0.15, 0.2) is 42.5 Å². The van der Waals surface area contributed by atoms with Crippen molar-refractivity contribution in [1.82, 2.24) is 10.6 Å². The molecule has 2 aromatic carbocycles. The first-order valence-electron chi connectivity index (χ1n) is 7.30. The molecule has 1 aliphatic rings. The maximum Gasteiger partial charge on any atom is 0.315 e. The predicted octanol–water partition coefficient (Wildman–Crippen LogP) is 3.63. The first-order valence-corrected chi connectivity index (χ1v) is 7.68. The summed E-state index contributed by atoms with van der Waals surface area (Å²) in [5.41, 5.74) is 1.94. The number of urea groups is 1. The molecular weight excluding hydrogens is 316 g/mol. The summed E-state index contributed by atoms with van der Waals surface area (Å²) in [5, 5.41) is 6.39. The van der Waals surface area contributed by atoms with Gasteiger partial charge in [-0.2, -0.15) is 0 Å². The SMILES string of the molecule is CC(NC(=O)NCc1ccc2c(c1)OCO2)c1ccc(Cl)cc1. The Labute approximate surface area is 139 Å². The summed E-state index contributed by atoms with van der Waals surface area (Å²) in [6.07, 6.45) is 0. The van der Waals surface area contributed by atoms with E-state index in [1.165, 1.54) is 0 Å². The molecule has 2 amide bonds. The highest BCUT2D eigenvalue weighted by molar-refractivity contribution is 6.30. The van der Waals surface area contributed by atoms with Gasteiger partial charge in [0.1, 0.15) is 0 Å². The molecule has 0 saturated heterocycles. The van der Waals surface area contributed by atoms with Gasteiger partial charge < -0.3 is 20.1 Å². The van der Waals surface area contributed by atoms with E-state index < -0.39 is 0 Å². The molecule has 0 saturated carbocycles. The zero-order valence-electron chi connectivity index (χ0n) is 12.6. The highest BCUT2D eigenvalue weighted by Crippen LogP contribution is 2.32. The molecule has 120 valence electrons. The third kappa shape index (κ3) is 3.87. The minimum absolute atomic E-state index is 0.107. The Kier molecular flexibility index (Phi) is 4.57.